The van der Waals surface area contributed by atoms with Gasteiger partial charge in [-0.2, -0.15) is 4.31 Å². The minimum absolute atomic E-state index is 0.129. The fraction of sp³-hybridized carbons (Fsp3) is 0.381. The minimum atomic E-state index is -3.14. The molecule has 7 nitrogen and oxygen atoms in total. The van der Waals surface area contributed by atoms with Gasteiger partial charge in [0.1, 0.15) is 5.75 Å². The molecule has 0 aromatic heterocycles. The van der Waals surface area contributed by atoms with Gasteiger partial charge in [0.25, 0.3) is 5.91 Å². The smallest absolute Gasteiger partial charge is 0.255 e. The Bertz CT molecular complexity index is 1010. The summed E-state index contributed by atoms with van der Waals surface area (Å²) < 4.78 is 30.7. The van der Waals surface area contributed by atoms with Crippen molar-refractivity contribution >= 4 is 33.2 Å². The lowest BCUT2D eigenvalue weighted by atomic mass is 10.1. The van der Waals surface area contributed by atoms with Gasteiger partial charge in [0, 0.05) is 44.0 Å². The van der Waals surface area contributed by atoms with Crippen LogP contribution in [0.25, 0.3) is 0 Å². The Labute approximate surface area is 182 Å². The summed E-state index contributed by atoms with van der Waals surface area (Å²) >= 11 is 6.12. The van der Waals surface area contributed by atoms with Gasteiger partial charge in [0.05, 0.1) is 17.9 Å². The Kier molecular flexibility index (Phi) is 7.36. The SMILES string of the molecule is CCS(=O)(=O)N1CCN(Cc2cccc(C(=O)Nc3ccc(OC)c(Cl)c3)c2)CC1. The number of carbonyl (C=O) groups excluding carboxylic acids is 1. The number of rotatable bonds is 7. The van der Waals surface area contributed by atoms with Crippen LogP contribution >= 0.6 is 11.6 Å². The van der Waals surface area contributed by atoms with Crippen LogP contribution < -0.4 is 10.1 Å². The van der Waals surface area contributed by atoms with Gasteiger partial charge in [-0.25, -0.2) is 8.42 Å². The molecule has 0 aliphatic carbocycles. The first-order chi connectivity index (χ1) is 14.3. The first kappa shape index (κ1) is 22.6. The Morgan fingerprint density at radius 1 is 1.13 bits per heavy atom. The third-order valence-electron chi connectivity index (χ3n) is 5.09. The number of piperazine rings is 1. The van der Waals surface area contributed by atoms with Crippen LogP contribution in [-0.4, -0.2) is 62.6 Å². The van der Waals surface area contributed by atoms with E-state index in [-0.39, 0.29) is 11.7 Å². The monoisotopic (exact) mass is 451 g/mol. The standard InChI is InChI=1S/C21H26ClN3O4S/c1-3-30(27,28)25-11-9-24(10-12-25)15-16-5-4-6-17(13-16)21(26)23-18-7-8-20(29-2)19(22)14-18/h4-8,13-14H,3,9-12,15H2,1-2H3,(H,23,26). The van der Waals surface area contributed by atoms with E-state index in [2.05, 4.69) is 10.2 Å². The molecule has 0 bridgehead atoms. The molecule has 1 amide bonds. The number of nitrogens with zero attached hydrogens (tertiary/aromatic N) is 2. The van der Waals surface area contributed by atoms with E-state index in [1.54, 1.807) is 35.5 Å². The van der Waals surface area contributed by atoms with Crippen molar-refractivity contribution in [3.63, 3.8) is 0 Å². The van der Waals surface area contributed by atoms with Crippen LogP contribution in [0.1, 0.15) is 22.8 Å². The summed E-state index contributed by atoms with van der Waals surface area (Å²) in [7, 11) is -1.60. The Balaban J connectivity index is 1.61. The summed E-state index contributed by atoms with van der Waals surface area (Å²) in [5.41, 5.74) is 2.14. The van der Waals surface area contributed by atoms with Crippen LogP contribution in [0.3, 0.4) is 0 Å². The fourth-order valence-electron chi connectivity index (χ4n) is 3.36. The van der Waals surface area contributed by atoms with Gasteiger partial charge in [-0.1, -0.05) is 23.7 Å². The van der Waals surface area contributed by atoms with Gasteiger partial charge < -0.3 is 10.1 Å². The summed E-state index contributed by atoms with van der Waals surface area (Å²) in [4.78, 5) is 14.8. The van der Waals surface area contributed by atoms with Crippen LogP contribution in [0.5, 0.6) is 5.75 Å². The van der Waals surface area contributed by atoms with Gasteiger partial charge in [-0.3, -0.25) is 9.69 Å². The zero-order valence-electron chi connectivity index (χ0n) is 17.1. The zero-order valence-corrected chi connectivity index (χ0v) is 18.7. The Hall–Kier alpha value is -2.13. The highest BCUT2D eigenvalue weighted by atomic mass is 35.5. The molecule has 1 aliphatic heterocycles. The molecule has 1 saturated heterocycles. The van der Waals surface area contributed by atoms with E-state index in [9.17, 15) is 13.2 Å². The third kappa shape index (κ3) is 5.51. The summed E-state index contributed by atoms with van der Waals surface area (Å²) in [6, 6.07) is 12.5. The highest BCUT2D eigenvalue weighted by Gasteiger charge is 2.25. The third-order valence-corrected chi connectivity index (χ3v) is 7.27. The molecule has 9 heteroatoms. The number of hydrogen-bond donors (Lipinski definition) is 1. The quantitative estimate of drug-likeness (QED) is 0.699. The number of amides is 1. The van der Waals surface area contributed by atoms with E-state index in [0.717, 1.165) is 5.56 Å². The average Bonchev–Trinajstić information content (AvgIpc) is 2.74. The molecular formula is C21H26ClN3O4S. The summed E-state index contributed by atoms with van der Waals surface area (Å²) in [5, 5.41) is 3.27. The number of ether oxygens (including phenoxy) is 1. The van der Waals surface area contributed by atoms with E-state index < -0.39 is 10.0 Å². The van der Waals surface area contributed by atoms with Crippen LogP contribution in [0.2, 0.25) is 5.02 Å². The van der Waals surface area contributed by atoms with Crippen LogP contribution in [0.4, 0.5) is 5.69 Å². The maximum absolute atomic E-state index is 12.6. The molecule has 0 radical (unpaired) electrons. The second-order valence-electron chi connectivity index (χ2n) is 7.08. The van der Waals surface area contributed by atoms with Crippen molar-refractivity contribution in [3.05, 3.63) is 58.6 Å². The van der Waals surface area contributed by atoms with Crippen molar-refractivity contribution in [2.24, 2.45) is 0 Å². The molecule has 0 atom stereocenters. The predicted octanol–water partition coefficient (Wildman–Crippen LogP) is 3.07. The molecular weight excluding hydrogens is 426 g/mol. The summed E-state index contributed by atoms with van der Waals surface area (Å²) in [6.07, 6.45) is 0. The molecule has 1 heterocycles. The molecule has 0 spiro atoms. The minimum Gasteiger partial charge on any atom is -0.495 e. The molecule has 2 aromatic carbocycles. The number of hydrogen-bond acceptors (Lipinski definition) is 5. The summed E-state index contributed by atoms with van der Waals surface area (Å²) in [5.74, 6) is 0.448. The van der Waals surface area contributed by atoms with Crippen molar-refractivity contribution in [1.82, 2.24) is 9.21 Å². The van der Waals surface area contributed by atoms with Gasteiger partial charge in [-0.05, 0) is 42.8 Å². The topological polar surface area (TPSA) is 79.0 Å². The molecule has 0 unspecified atom stereocenters. The van der Waals surface area contributed by atoms with Gasteiger partial charge in [-0.15, -0.1) is 0 Å². The maximum Gasteiger partial charge on any atom is 0.255 e. The lowest BCUT2D eigenvalue weighted by Crippen LogP contribution is -2.48. The van der Waals surface area contributed by atoms with E-state index in [4.69, 9.17) is 16.3 Å². The predicted molar refractivity (Wildman–Crippen MR) is 119 cm³/mol. The molecule has 1 N–H and O–H groups in total. The van der Waals surface area contributed by atoms with E-state index in [1.165, 1.54) is 7.11 Å². The molecule has 30 heavy (non-hydrogen) atoms. The fourth-order valence-corrected chi connectivity index (χ4v) is 4.71. The molecule has 2 aromatic rings. The second-order valence-corrected chi connectivity index (χ2v) is 9.74. The first-order valence-electron chi connectivity index (χ1n) is 9.76. The largest absolute Gasteiger partial charge is 0.495 e. The lowest BCUT2D eigenvalue weighted by Gasteiger charge is -2.33. The number of carbonyl (C=O) groups is 1. The molecule has 1 aliphatic rings. The number of anilines is 1. The number of sulfonamides is 1. The highest BCUT2D eigenvalue weighted by molar-refractivity contribution is 7.89. The van der Waals surface area contributed by atoms with Crippen LogP contribution in [0.15, 0.2) is 42.5 Å². The zero-order chi connectivity index (χ0) is 21.7. The Morgan fingerprint density at radius 3 is 2.50 bits per heavy atom. The molecule has 0 saturated carbocycles. The average molecular weight is 452 g/mol. The van der Waals surface area contributed by atoms with Crippen molar-refractivity contribution < 1.29 is 17.9 Å². The van der Waals surface area contributed by atoms with Crippen molar-refractivity contribution in [2.45, 2.75) is 13.5 Å². The van der Waals surface area contributed by atoms with E-state index in [0.29, 0.717) is 54.7 Å². The van der Waals surface area contributed by atoms with Gasteiger partial charge in [0.2, 0.25) is 10.0 Å². The molecule has 1 fully saturated rings. The van der Waals surface area contributed by atoms with Crippen molar-refractivity contribution in [3.8, 4) is 5.75 Å². The normalized spacial score (nSPS) is 15.7. The van der Waals surface area contributed by atoms with Crippen molar-refractivity contribution in [2.75, 3.05) is 44.4 Å². The van der Waals surface area contributed by atoms with Crippen molar-refractivity contribution in [1.29, 1.82) is 0 Å². The van der Waals surface area contributed by atoms with E-state index in [1.807, 2.05) is 18.2 Å². The van der Waals surface area contributed by atoms with E-state index >= 15 is 0 Å². The Morgan fingerprint density at radius 2 is 1.87 bits per heavy atom. The maximum atomic E-state index is 12.6. The first-order valence-corrected chi connectivity index (χ1v) is 11.7. The second kappa shape index (κ2) is 9.78. The highest BCUT2D eigenvalue weighted by Crippen LogP contribution is 2.27. The van der Waals surface area contributed by atoms with Gasteiger partial charge >= 0.3 is 0 Å². The number of nitrogens with one attached hydrogen (secondary N) is 1. The number of methoxy groups -OCH3 is 1. The molecule has 3 rings (SSSR count). The van der Waals surface area contributed by atoms with Crippen LogP contribution in [0, 0.1) is 0 Å². The number of benzene rings is 2. The van der Waals surface area contributed by atoms with Gasteiger partial charge in [0.15, 0.2) is 0 Å². The molecule has 162 valence electrons. The summed E-state index contributed by atoms with van der Waals surface area (Å²) in [6.45, 7) is 4.65. The van der Waals surface area contributed by atoms with Crippen LogP contribution in [-0.2, 0) is 16.6 Å². The lowest BCUT2D eigenvalue weighted by molar-refractivity contribution is 0.102. The number of halogens is 1.